The largest absolute Gasteiger partial charge is 0.497 e. The summed E-state index contributed by atoms with van der Waals surface area (Å²) in [5.74, 6) is 1.09. The first-order valence-electron chi connectivity index (χ1n) is 10.4. The van der Waals surface area contributed by atoms with Crippen molar-refractivity contribution >= 4 is 16.0 Å². The summed E-state index contributed by atoms with van der Waals surface area (Å²) in [6, 6.07) is 7.13. The van der Waals surface area contributed by atoms with Gasteiger partial charge in [-0.15, -0.1) is 0 Å². The second kappa shape index (κ2) is 9.32. The third-order valence-electron chi connectivity index (χ3n) is 5.63. The molecule has 33 heavy (non-hydrogen) atoms. The van der Waals surface area contributed by atoms with Crippen molar-refractivity contribution in [1.82, 2.24) is 24.0 Å². The highest BCUT2D eigenvalue weighted by Crippen LogP contribution is 2.25. The van der Waals surface area contributed by atoms with Crippen molar-refractivity contribution in [1.29, 1.82) is 0 Å². The summed E-state index contributed by atoms with van der Waals surface area (Å²) >= 11 is 0. The van der Waals surface area contributed by atoms with E-state index in [0.717, 1.165) is 5.56 Å². The molecule has 4 rings (SSSR count). The Morgan fingerprint density at radius 2 is 1.88 bits per heavy atom. The molecular formula is C21H25N5O6S. The summed E-state index contributed by atoms with van der Waals surface area (Å²) in [5.41, 5.74) is 0.720. The van der Waals surface area contributed by atoms with Crippen molar-refractivity contribution in [2.45, 2.75) is 31.4 Å². The number of esters is 1. The van der Waals surface area contributed by atoms with E-state index in [1.165, 1.54) is 10.5 Å². The molecular weight excluding hydrogens is 450 g/mol. The van der Waals surface area contributed by atoms with Gasteiger partial charge in [-0.2, -0.15) is 9.29 Å². The highest BCUT2D eigenvalue weighted by atomic mass is 32.2. The van der Waals surface area contributed by atoms with Gasteiger partial charge in [-0.1, -0.05) is 5.16 Å². The molecule has 0 bridgehead atoms. The number of hydrogen-bond acceptors (Lipinski definition) is 9. The topological polar surface area (TPSA) is 130 Å². The van der Waals surface area contributed by atoms with Crippen LogP contribution in [-0.4, -0.2) is 58.6 Å². The van der Waals surface area contributed by atoms with Gasteiger partial charge in [-0.05, 0) is 44.0 Å². The number of ether oxygens (including phenoxy) is 2. The average molecular weight is 476 g/mol. The molecule has 1 aliphatic heterocycles. The van der Waals surface area contributed by atoms with Gasteiger partial charge in [0.25, 0.3) is 15.9 Å². The van der Waals surface area contributed by atoms with Crippen LogP contribution in [0.5, 0.6) is 5.75 Å². The number of piperidine rings is 1. The number of aryl methyl sites for hydroxylation is 2. The molecule has 0 N–H and O–H groups in total. The lowest BCUT2D eigenvalue weighted by atomic mass is 9.98. The molecule has 0 unspecified atom stereocenters. The Labute approximate surface area is 191 Å². The predicted octanol–water partition coefficient (Wildman–Crippen LogP) is 1.93. The van der Waals surface area contributed by atoms with Crippen LogP contribution in [0.25, 0.3) is 11.5 Å². The van der Waals surface area contributed by atoms with Crippen LogP contribution < -0.4 is 4.74 Å². The van der Waals surface area contributed by atoms with E-state index in [-0.39, 0.29) is 30.5 Å². The van der Waals surface area contributed by atoms with Crippen molar-refractivity contribution in [3.05, 3.63) is 42.1 Å². The van der Waals surface area contributed by atoms with Gasteiger partial charge >= 0.3 is 5.97 Å². The van der Waals surface area contributed by atoms with Crippen LogP contribution in [0.4, 0.5) is 0 Å². The fraction of sp³-hybridized carbons (Fsp3) is 0.429. The Kier molecular flexibility index (Phi) is 6.47. The van der Waals surface area contributed by atoms with Crippen LogP contribution >= 0.6 is 0 Å². The first-order valence-corrected chi connectivity index (χ1v) is 11.9. The number of sulfonamides is 1. The summed E-state index contributed by atoms with van der Waals surface area (Å²) in [7, 11) is -0.362. The van der Waals surface area contributed by atoms with Crippen LogP contribution in [0.15, 0.2) is 40.0 Å². The van der Waals surface area contributed by atoms with Gasteiger partial charge < -0.3 is 18.6 Å². The SMILES string of the molecule is COc1ccc(-c2nc(COC(=O)C3CCN(S(=O)(=O)c4cn(C)c(C)n4)CC3)no2)cc1. The van der Waals surface area contributed by atoms with E-state index < -0.39 is 21.9 Å². The van der Waals surface area contributed by atoms with Crippen molar-refractivity contribution in [3.8, 4) is 17.2 Å². The fourth-order valence-electron chi connectivity index (χ4n) is 3.53. The van der Waals surface area contributed by atoms with Crippen molar-refractivity contribution in [3.63, 3.8) is 0 Å². The lowest BCUT2D eigenvalue weighted by Crippen LogP contribution is -2.40. The summed E-state index contributed by atoms with van der Waals surface area (Å²) < 4.78 is 44.3. The molecule has 2 aromatic heterocycles. The summed E-state index contributed by atoms with van der Waals surface area (Å²) in [4.78, 5) is 20.9. The van der Waals surface area contributed by atoms with E-state index in [0.29, 0.717) is 30.3 Å². The Bertz CT molecular complexity index is 1210. The van der Waals surface area contributed by atoms with Crippen LogP contribution in [-0.2, 0) is 33.2 Å². The zero-order valence-corrected chi connectivity index (χ0v) is 19.4. The van der Waals surface area contributed by atoms with Crippen LogP contribution in [0.3, 0.4) is 0 Å². The minimum atomic E-state index is -3.69. The highest BCUT2D eigenvalue weighted by molar-refractivity contribution is 7.89. The number of carbonyl (C=O) groups excluding carboxylic acids is 1. The van der Waals surface area contributed by atoms with Gasteiger partial charge in [0.05, 0.1) is 13.0 Å². The summed E-state index contributed by atoms with van der Waals surface area (Å²) in [5, 5.41) is 3.87. The molecule has 1 fully saturated rings. The van der Waals surface area contributed by atoms with E-state index >= 15 is 0 Å². The quantitative estimate of drug-likeness (QED) is 0.471. The molecule has 3 aromatic rings. The smallest absolute Gasteiger partial charge is 0.309 e. The minimum absolute atomic E-state index is 0.0216. The maximum absolute atomic E-state index is 12.8. The van der Waals surface area contributed by atoms with Gasteiger partial charge in [0.2, 0.25) is 5.82 Å². The van der Waals surface area contributed by atoms with E-state index in [9.17, 15) is 13.2 Å². The molecule has 1 aromatic carbocycles. The number of benzene rings is 1. The van der Waals surface area contributed by atoms with Gasteiger partial charge in [-0.3, -0.25) is 4.79 Å². The Hall–Kier alpha value is -3.25. The van der Waals surface area contributed by atoms with Gasteiger partial charge in [-0.25, -0.2) is 13.4 Å². The Morgan fingerprint density at radius 3 is 2.48 bits per heavy atom. The van der Waals surface area contributed by atoms with E-state index in [1.54, 1.807) is 49.9 Å². The number of nitrogens with zero attached hydrogens (tertiary/aromatic N) is 5. The van der Waals surface area contributed by atoms with Crippen LogP contribution in [0, 0.1) is 12.8 Å². The molecule has 11 nitrogen and oxygen atoms in total. The standard InChI is InChI=1S/C21H25N5O6S/c1-14-22-19(12-25(14)2)33(28,29)26-10-8-16(9-11-26)21(27)31-13-18-23-20(32-24-18)15-4-6-17(30-3)7-5-15/h4-7,12,16H,8-11,13H2,1-3H3. The number of aromatic nitrogens is 4. The average Bonchev–Trinajstić information content (AvgIpc) is 3.44. The van der Waals surface area contributed by atoms with Crippen molar-refractivity contribution < 1.29 is 27.2 Å². The molecule has 0 aliphatic carbocycles. The van der Waals surface area contributed by atoms with Gasteiger partial charge in [0.15, 0.2) is 11.6 Å². The maximum atomic E-state index is 12.8. The number of hydrogen-bond donors (Lipinski definition) is 0. The van der Waals surface area contributed by atoms with E-state index in [4.69, 9.17) is 14.0 Å². The van der Waals surface area contributed by atoms with Gasteiger partial charge in [0.1, 0.15) is 11.6 Å². The second-order valence-corrected chi connectivity index (χ2v) is 9.65. The molecule has 0 amide bonds. The highest BCUT2D eigenvalue weighted by Gasteiger charge is 2.34. The predicted molar refractivity (Wildman–Crippen MR) is 116 cm³/mol. The third kappa shape index (κ3) is 4.91. The van der Waals surface area contributed by atoms with Crippen LogP contribution in [0.1, 0.15) is 24.5 Å². The lowest BCUT2D eigenvalue weighted by Gasteiger charge is -2.29. The third-order valence-corrected chi connectivity index (χ3v) is 7.40. The lowest BCUT2D eigenvalue weighted by molar-refractivity contribution is -0.151. The van der Waals surface area contributed by atoms with E-state index in [2.05, 4.69) is 15.1 Å². The molecule has 0 atom stereocenters. The van der Waals surface area contributed by atoms with Gasteiger partial charge in [0, 0.05) is 31.9 Å². The van der Waals surface area contributed by atoms with E-state index in [1.807, 2.05) is 0 Å². The van der Waals surface area contributed by atoms with Crippen LogP contribution in [0.2, 0.25) is 0 Å². The number of imidazole rings is 1. The molecule has 176 valence electrons. The molecule has 12 heteroatoms. The first-order chi connectivity index (χ1) is 15.8. The second-order valence-electron chi connectivity index (χ2n) is 7.77. The number of methoxy groups -OCH3 is 1. The zero-order valence-electron chi connectivity index (χ0n) is 18.6. The zero-order chi connectivity index (χ0) is 23.6. The fourth-order valence-corrected chi connectivity index (χ4v) is 5.03. The first kappa shape index (κ1) is 22.9. The monoisotopic (exact) mass is 475 g/mol. The molecule has 1 aliphatic rings. The molecule has 0 saturated carbocycles. The molecule has 1 saturated heterocycles. The number of rotatable bonds is 7. The van der Waals surface area contributed by atoms with Crippen molar-refractivity contribution in [2.75, 3.05) is 20.2 Å². The maximum Gasteiger partial charge on any atom is 0.309 e. The van der Waals surface area contributed by atoms with Crippen molar-refractivity contribution in [2.24, 2.45) is 13.0 Å². The summed E-state index contributed by atoms with van der Waals surface area (Å²) in [6.45, 7) is 2.07. The minimum Gasteiger partial charge on any atom is -0.497 e. The Morgan fingerprint density at radius 1 is 1.18 bits per heavy atom. The number of carbonyl (C=O) groups is 1. The molecule has 3 heterocycles. The summed E-state index contributed by atoms with van der Waals surface area (Å²) in [6.07, 6.45) is 2.23. The molecule has 0 spiro atoms. The molecule has 0 radical (unpaired) electrons. The normalized spacial score (nSPS) is 15.5. The Balaban J connectivity index is 1.29.